The van der Waals surface area contributed by atoms with E-state index in [2.05, 4.69) is 15.0 Å². The van der Waals surface area contributed by atoms with E-state index in [1.165, 1.54) is 12.3 Å². The van der Waals surface area contributed by atoms with Crippen molar-refractivity contribution in [3.05, 3.63) is 47.2 Å². The summed E-state index contributed by atoms with van der Waals surface area (Å²) in [6.07, 6.45) is -1.35. The average Bonchev–Trinajstić information content (AvgIpc) is 2.88. The number of anilines is 1. The molecule has 0 N–H and O–H groups in total. The first-order chi connectivity index (χ1) is 10.7. The molecule has 0 radical (unpaired) electrons. The lowest BCUT2D eigenvalue weighted by atomic mass is 9.95. The summed E-state index contributed by atoms with van der Waals surface area (Å²) in [4.78, 5) is 14.4. The number of fused-ring (bicyclic) bond motifs is 1. The largest absolute Gasteiger partial charge is 0.419 e. The smallest absolute Gasteiger partial charge is 0.346 e. The van der Waals surface area contributed by atoms with Gasteiger partial charge < -0.3 is 4.90 Å². The molecule has 23 heavy (non-hydrogen) atoms. The Balaban J connectivity index is 1.95. The van der Waals surface area contributed by atoms with Gasteiger partial charge in [-0.05, 0) is 12.1 Å². The Morgan fingerprint density at radius 2 is 1.83 bits per heavy atom. The highest BCUT2D eigenvalue weighted by molar-refractivity contribution is 5.51. The quantitative estimate of drug-likeness (QED) is 0.803. The zero-order chi connectivity index (χ0) is 16.8. The highest BCUT2D eigenvalue weighted by Gasteiger charge is 2.37. The lowest BCUT2D eigenvalue weighted by molar-refractivity contribution is -0.137. The van der Waals surface area contributed by atoms with Crippen LogP contribution in [-0.2, 0) is 24.7 Å². The number of alkyl halides is 3. The van der Waals surface area contributed by atoms with Crippen LogP contribution < -0.4 is 4.90 Å². The summed E-state index contributed by atoms with van der Waals surface area (Å²) in [6, 6.07) is 2.35. The summed E-state index contributed by atoms with van der Waals surface area (Å²) in [5.41, 5.74) is 0.683. The van der Waals surface area contributed by atoms with E-state index >= 15 is 0 Å². The second-order valence-electron chi connectivity index (χ2n) is 6.64. The Morgan fingerprint density at radius 1 is 1.09 bits per heavy atom. The van der Waals surface area contributed by atoms with Crippen molar-refractivity contribution < 1.29 is 13.2 Å². The van der Waals surface area contributed by atoms with Gasteiger partial charge >= 0.3 is 6.18 Å². The van der Waals surface area contributed by atoms with Crippen LogP contribution >= 0.6 is 0 Å². The van der Waals surface area contributed by atoms with Crippen molar-refractivity contribution in [2.75, 3.05) is 4.90 Å². The number of nitrogens with zero attached hydrogens (tertiary/aromatic N) is 4. The molecule has 1 aliphatic rings. The zero-order valence-electron chi connectivity index (χ0n) is 13.1. The zero-order valence-corrected chi connectivity index (χ0v) is 13.1. The second-order valence-corrected chi connectivity index (χ2v) is 6.64. The first kappa shape index (κ1) is 15.7. The average molecular weight is 322 g/mol. The SMILES string of the molecule is CC(C)(C)c1ncc2c(n1)CN(c1ncccc1C(F)(F)F)C2. The molecule has 7 heteroatoms. The van der Waals surface area contributed by atoms with E-state index in [0.717, 1.165) is 17.3 Å². The topological polar surface area (TPSA) is 41.9 Å². The van der Waals surface area contributed by atoms with Crippen molar-refractivity contribution in [1.29, 1.82) is 0 Å². The lowest BCUT2D eigenvalue weighted by Crippen LogP contribution is -2.21. The van der Waals surface area contributed by atoms with Crippen molar-refractivity contribution in [3.63, 3.8) is 0 Å². The third-order valence-corrected chi connectivity index (χ3v) is 3.72. The van der Waals surface area contributed by atoms with Crippen molar-refractivity contribution >= 4 is 5.82 Å². The minimum atomic E-state index is -4.43. The molecule has 3 heterocycles. The van der Waals surface area contributed by atoms with Crippen LogP contribution in [0.3, 0.4) is 0 Å². The van der Waals surface area contributed by atoms with E-state index in [4.69, 9.17) is 0 Å². The maximum Gasteiger partial charge on any atom is 0.419 e. The molecule has 0 aromatic carbocycles. The summed E-state index contributed by atoms with van der Waals surface area (Å²) in [6.45, 7) is 6.65. The molecular weight excluding hydrogens is 305 g/mol. The van der Waals surface area contributed by atoms with Crippen molar-refractivity contribution in [2.24, 2.45) is 0 Å². The first-order valence-electron chi connectivity index (χ1n) is 7.28. The third-order valence-electron chi connectivity index (χ3n) is 3.72. The first-order valence-corrected chi connectivity index (χ1v) is 7.28. The second kappa shape index (κ2) is 5.18. The Hall–Kier alpha value is -2.18. The third kappa shape index (κ3) is 3.00. The van der Waals surface area contributed by atoms with Crippen LogP contribution in [0.4, 0.5) is 19.0 Å². The molecule has 1 aliphatic heterocycles. The molecule has 0 saturated carbocycles. The Morgan fingerprint density at radius 3 is 2.48 bits per heavy atom. The fourth-order valence-electron chi connectivity index (χ4n) is 2.53. The Labute approximate surface area is 132 Å². The van der Waals surface area contributed by atoms with E-state index in [-0.39, 0.29) is 11.2 Å². The number of hydrogen-bond acceptors (Lipinski definition) is 4. The maximum absolute atomic E-state index is 13.2. The van der Waals surface area contributed by atoms with Gasteiger partial charge in [-0.1, -0.05) is 20.8 Å². The van der Waals surface area contributed by atoms with Crippen LogP contribution in [0.1, 0.15) is 43.4 Å². The van der Waals surface area contributed by atoms with Crippen LogP contribution in [0.5, 0.6) is 0 Å². The van der Waals surface area contributed by atoms with Gasteiger partial charge in [-0.15, -0.1) is 0 Å². The molecule has 4 nitrogen and oxygen atoms in total. The van der Waals surface area contributed by atoms with E-state index in [9.17, 15) is 13.2 Å². The van der Waals surface area contributed by atoms with Gasteiger partial charge in [-0.2, -0.15) is 13.2 Å². The molecule has 0 atom stereocenters. The molecule has 0 unspecified atom stereocenters. The number of aromatic nitrogens is 3. The van der Waals surface area contributed by atoms with Gasteiger partial charge in [0.2, 0.25) is 0 Å². The minimum Gasteiger partial charge on any atom is -0.346 e. The highest BCUT2D eigenvalue weighted by Crippen LogP contribution is 2.37. The van der Waals surface area contributed by atoms with Crippen molar-refractivity contribution in [3.8, 4) is 0 Å². The minimum absolute atomic E-state index is 0.0599. The normalized spacial score (nSPS) is 15.0. The van der Waals surface area contributed by atoms with Gasteiger partial charge in [-0.25, -0.2) is 15.0 Å². The van der Waals surface area contributed by atoms with E-state index in [1.54, 1.807) is 11.1 Å². The van der Waals surface area contributed by atoms with Crippen LogP contribution in [0.15, 0.2) is 24.5 Å². The molecule has 0 fully saturated rings. The van der Waals surface area contributed by atoms with Gasteiger partial charge in [0.15, 0.2) is 0 Å². The predicted octanol–water partition coefficient (Wildman–Crippen LogP) is 3.71. The maximum atomic E-state index is 13.2. The van der Waals surface area contributed by atoms with Gasteiger partial charge in [0.25, 0.3) is 0 Å². The van der Waals surface area contributed by atoms with Crippen LogP contribution in [0.2, 0.25) is 0 Å². The molecule has 3 rings (SSSR count). The highest BCUT2D eigenvalue weighted by atomic mass is 19.4. The van der Waals surface area contributed by atoms with Gasteiger partial charge in [0, 0.05) is 29.9 Å². The van der Waals surface area contributed by atoms with Gasteiger partial charge in [0.1, 0.15) is 11.6 Å². The summed E-state index contributed by atoms with van der Waals surface area (Å²) in [5, 5.41) is 0. The summed E-state index contributed by atoms with van der Waals surface area (Å²) in [7, 11) is 0. The summed E-state index contributed by atoms with van der Waals surface area (Å²) < 4.78 is 39.5. The lowest BCUT2D eigenvalue weighted by Gasteiger charge is -2.20. The molecular formula is C16H17F3N4. The Kier molecular flexibility index (Phi) is 3.54. The fraction of sp³-hybridized carbons (Fsp3) is 0.438. The molecule has 2 aromatic rings. The number of pyridine rings is 1. The van der Waals surface area contributed by atoms with Gasteiger partial charge in [-0.3, -0.25) is 0 Å². The fourth-order valence-corrected chi connectivity index (χ4v) is 2.53. The van der Waals surface area contributed by atoms with E-state index in [1.807, 2.05) is 20.8 Å². The Bertz CT molecular complexity index is 735. The molecule has 122 valence electrons. The van der Waals surface area contributed by atoms with Gasteiger partial charge in [0.05, 0.1) is 17.8 Å². The van der Waals surface area contributed by atoms with Crippen LogP contribution in [0.25, 0.3) is 0 Å². The molecule has 0 spiro atoms. The monoisotopic (exact) mass is 322 g/mol. The standard InChI is InChI=1S/C16H17F3N4/c1-15(2,3)14-21-7-10-8-23(9-12(10)22-14)13-11(16(17,18)19)5-4-6-20-13/h4-7H,8-9H2,1-3H3. The molecule has 0 bridgehead atoms. The van der Waals surface area contributed by atoms with E-state index < -0.39 is 11.7 Å². The van der Waals surface area contributed by atoms with Crippen LogP contribution in [0, 0.1) is 0 Å². The summed E-state index contributed by atoms with van der Waals surface area (Å²) >= 11 is 0. The molecule has 0 saturated heterocycles. The van der Waals surface area contributed by atoms with Crippen LogP contribution in [-0.4, -0.2) is 15.0 Å². The molecule has 2 aromatic heterocycles. The summed E-state index contributed by atoms with van der Waals surface area (Å²) in [5.74, 6) is 0.630. The van der Waals surface area contributed by atoms with Crippen molar-refractivity contribution in [2.45, 2.75) is 45.5 Å². The number of halogens is 3. The van der Waals surface area contributed by atoms with Crippen molar-refractivity contribution in [1.82, 2.24) is 15.0 Å². The van der Waals surface area contributed by atoms with E-state index in [0.29, 0.717) is 18.9 Å². The number of rotatable bonds is 1. The molecule has 0 aliphatic carbocycles. The molecule has 0 amide bonds. The number of hydrogen-bond donors (Lipinski definition) is 0. The predicted molar refractivity (Wildman–Crippen MR) is 79.9 cm³/mol.